The third-order valence-electron chi connectivity index (χ3n) is 10.1. The van der Waals surface area contributed by atoms with Crippen LogP contribution in [0.3, 0.4) is 0 Å². The summed E-state index contributed by atoms with van der Waals surface area (Å²) in [5, 5.41) is 9.32. The van der Waals surface area contributed by atoms with Gasteiger partial charge in [0.25, 0.3) is 0 Å². The molecule has 0 fully saturated rings. The molecule has 276 valence electrons. The largest absolute Gasteiger partial charge is 0.460 e. The number of hydrogen-bond donors (Lipinski definition) is 0. The third-order valence-corrected chi connectivity index (χ3v) is 13.1. The highest BCUT2D eigenvalue weighted by Gasteiger charge is 2.44. The summed E-state index contributed by atoms with van der Waals surface area (Å²) in [7, 11) is -4.32. The molecule has 14 heteroatoms. The van der Waals surface area contributed by atoms with Crippen molar-refractivity contribution in [1.29, 1.82) is 0 Å². The zero-order valence-electron chi connectivity index (χ0n) is 30.0. The van der Waals surface area contributed by atoms with E-state index in [9.17, 15) is 26.4 Å². The van der Waals surface area contributed by atoms with Crippen LogP contribution in [0.4, 0.5) is 13.2 Å². The van der Waals surface area contributed by atoms with Crippen LogP contribution < -0.4 is 0 Å². The molecule has 0 N–H and O–H groups in total. The number of halogens is 3. The van der Waals surface area contributed by atoms with Crippen LogP contribution in [0.5, 0.6) is 0 Å². The van der Waals surface area contributed by atoms with Crippen molar-refractivity contribution in [3.63, 3.8) is 0 Å². The number of ether oxygens (including phenoxy) is 1. The lowest BCUT2D eigenvalue weighted by atomic mass is 9.73. The molecule has 3 heterocycles. The van der Waals surface area contributed by atoms with Gasteiger partial charge in [0.15, 0.2) is 0 Å². The summed E-state index contributed by atoms with van der Waals surface area (Å²) in [6, 6.07) is 16.3. The normalized spacial score (nSPS) is 17.1. The first-order valence-electron chi connectivity index (χ1n) is 17.3. The minimum Gasteiger partial charge on any atom is -0.460 e. The lowest BCUT2D eigenvalue weighted by Crippen LogP contribution is -2.35. The van der Waals surface area contributed by atoms with Gasteiger partial charge in [-0.25, -0.2) is 18.1 Å². The summed E-state index contributed by atoms with van der Waals surface area (Å²) in [6.07, 6.45) is -3.71. The number of alkyl halides is 3. The average molecular weight is 754 g/mol. The van der Waals surface area contributed by atoms with E-state index in [0.717, 1.165) is 39.2 Å². The van der Waals surface area contributed by atoms with Crippen LogP contribution in [0.25, 0.3) is 11.0 Å². The van der Waals surface area contributed by atoms with Crippen LogP contribution in [0.15, 0.2) is 65.6 Å². The molecule has 0 spiro atoms. The standard InChI is InChI=1S/C38H42F3N5O4S2/c1-7-25-18-27-14-15-28(38(39,40)41)19-32(27)52(48,49)45(20-25)21-30-24(4)51-35(42-30)33(29-16-17-31-34(23(29)3)43-44-46(31)8-2)37(5,6)36(47)50-22-26-12-10-9-11-13-26/h9-17,19,25,33H,7-8,18,20-22H2,1-6H3/t25-,33+/m0/s1. The van der Waals surface area contributed by atoms with Gasteiger partial charge in [0, 0.05) is 18.0 Å². The number of fused-ring (bicyclic) bond motifs is 2. The number of esters is 1. The van der Waals surface area contributed by atoms with Crippen molar-refractivity contribution in [2.75, 3.05) is 6.54 Å². The van der Waals surface area contributed by atoms with E-state index < -0.39 is 39.1 Å². The van der Waals surface area contributed by atoms with Crippen LogP contribution in [-0.4, -0.2) is 45.2 Å². The van der Waals surface area contributed by atoms with Gasteiger partial charge < -0.3 is 4.74 Å². The summed E-state index contributed by atoms with van der Waals surface area (Å²) >= 11 is 1.36. The van der Waals surface area contributed by atoms with E-state index >= 15 is 0 Å². The number of rotatable bonds is 10. The van der Waals surface area contributed by atoms with Crippen molar-refractivity contribution in [1.82, 2.24) is 24.3 Å². The van der Waals surface area contributed by atoms with Crippen LogP contribution in [-0.2, 0) is 51.8 Å². The van der Waals surface area contributed by atoms with E-state index in [4.69, 9.17) is 9.72 Å². The number of aromatic nitrogens is 4. The predicted molar refractivity (Wildman–Crippen MR) is 193 cm³/mol. The molecule has 52 heavy (non-hydrogen) atoms. The fraction of sp³-hybridized carbons (Fsp3) is 0.421. The summed E-state index contributed by atoms with van der Waals surface area (Å²) in [6.45, 7) is 12.0. The molecule has 1 aliphatic heterocycles. The van der Waals surface area contributed by atoms with Crippen molar-refractivity contribution < 1.29 is 31.1 Å². The van der Waals surface area contributed by atoms with E-state index in [2.05, 4.69) is 10.3 Å². The lowest BCUT2D eigenvalue weighted by Gasteiger charge is -2.32. The predicted octanol–water partition coefficient (Wildman–Crippen LogP) is 8.22. The Bertz CT molecular complexity index is 2210. The van der Waals surface area contributed by atoms with E-state index in [0.29, 0.717) is 41.2 Å². The molecule has 6 rings (SSSR count). The Morgan fingerprint density at radius 1 is 1.06 bits per heavy atom. The van der Waals surface area contributed by atoms with Crippen LogP contribution >= 0.6 is 11.3 Å². The summed E-state index contributed by atoms with van der Waals surface area (Å²) < 4.78 is 78.4. The Morgan fingerprint density at radius 2 is 1.79 bits per heavy atom. The molecule has 2 aromatic heterocycles. The molecule has 5 aromatic rings. The molecule has 0 bridgehead atoms. The van der Waals surface area contributed by atoms with Gasteiger partial charge in [-0.15, -0.1) is 16.4 Å². The summed E-state index contributed by atoms with van der Waals surface area (Å²) in [5.41, 5.74) is 2.73. The van der Waals surface area contributed by atoms with E-state index in [1.54, 1.807) is 4.68 Å². The smallest absolute Gasteiger partial charge is 0.416 e. The number of sulfonamides is 1. The first-order valence-corrected chi connectivity index (χ1v) is 19.5. The highest BCUT2D eigenvalue weighted by atomic mass is 32.2. The molecule has 3 aromatic carbocycles. The number of carbonyl (C=O) groups excluding carboxylic acids is 1. The second-order valence-electron chi connectivity index (χ2n) is 13.9. The average Bonchev–Trinajstić information content (AvgIpc) is 3.67. The maximum atomic E-state index is 14.1. The van der Waals surface area contributed by atoms with E-state index in [-0.39, 0.29) is 30.5 Å². The molecular formula is C38H42F3N5O4S2. The molecule has 0 amide bonds. The Morgan fingerprint density at radius 3 is 2.46 bits per heavy atom. The molecule has 1 aliphatic rings. The second-order valence-corrected chi connectivity index (χ2v) is 17.1. The number of hydrogen-bond acceptors (Lipinski definition) is 8. The fourth-order valence-corrected chi connectivity index (χ4v) is 9.91. The minimum absolute atomic E-state index is 0.0871. The summed E-state index contributed by atoms with van der Waals surface area (Å²) in [5.74, 6) is -1.17. The molecule has 0 aliphatic carbocycles. The van der Waals surface area contributed by atoms with Gasteiger partial charge in [-0.05, 0) is 87.4 Å². The maximum absolute atomic E-state index is 14.1. The number of aryl methyl sites for hydroxylation is 3. The minimum atomic E-state index is -4.69. The molecule has 0 radical (unpaired) electrons. The zero-order valence-corrected chi connectivity index (χ0v) is 31.6. The molecule has 0 unspecified atom stereocenters. The number of carbonyl (C=O) groups is 1. The van der Waals surface area contributed by atoms with Gasteiger partial charge in [0.1, 0.15) is 17.1 Å². The maximum Gasteiger partial charge on any atom is 0.416 e. The number of benzene rings is 3. The lowest BCUT2D eigenvalue weighted by molar-refractivity contribution is -0.156. The van der Waals surface area contributed by atoms with Gasteiger partial charge in [-0.2, -0.15) is 17.5 Å². The fourth-order valence-electron chi connectivity index (χ4n) is 6.94. The van der Waals surface area contributed by atoms with Crippen LogP contribution in [0.2, 0.25) is 0 Å². The van der Waals surface area contributed by atoms with Crippen molar-refractivity contribution >= 4 is 38.4 Å². The highest BCUT2D eigenvalue weighted by molar-refractivity contribution is 7.89. The van der Waals surface area contributed by atoms with Crippen molar-refractivity contribution in [3.8, 4) is 0 Å². The zero-order chi connectivity index (χ0) is 37.6. The SMILES string of the molecule is CC[C@H]1Cc2ccc(C(F)(F)F)cc2S(=O)(=O)N(Cc2nc([C@@H](c3ccc4c(nnn4CC)c3C)C(C)(C)C(=O)OCc3ccccc3)sc2C)C1. The Hall–Kier alpha value is -4.14. The number of thiazole rings is 1. The molecular weight excluding hydrogens is 712 g/mol. The summed E-state index contributed by atoms with van der Waals surface area (Å²) in [4.78, 5) is 19.5. The van der Waals surface area contributed by atoms with Gasteiger partial charge in [-0.1, -0.05) is 61.0 Å². The van der Waals surface area contributed by atoms with Gasteiger partial charge in [0.05, 0.1) is 39.5 Å². The Kier molecular flexibility index (Phi) is 10.4. The highest BCUT2D eigenvalue weighted by Crippen LogP contribution is 2.46. The van der Waals surface area contributed by atoms with Gasteiger partial charge >= 0.3 is 12.1 Å². The topological polar surface area (TPSA) is 107 Å². The third kappa shape index (κ3) is 7.12. The second kappa shape index (κ2) is 14.4. The molecule has 0 saturated carbocycles. The Labute approximate surface area is 305 Å². The quantitative estimate of drug-likeness (QED) is 0.132. The van der Waals surface area contributed by atoms with Crippen LogP contribution in [0.1, 0.15) is 83.4 Å². The van der Waals surface area contributed by atoms with Gasteiger partial charge in [-0.3, -0.25) is 4.79 Å². The number of nitrogens with zero attached hydrogens (tertiary/aromatic N) is 5. The first-order chi connectivity index (χ1) is 24.6. The van der Waals surface area contributed by atoms with E-state index in [1.807, 2.05) is 84.0 Å². The van der Waals surface area contributed by atoms with E-state index in [1.165, 1.54) is 21.7 Å². The van der Waals surface area contributed by atoms with Crippen molar-refractivity contribution in [2.45, 2.75) is 91.1 Å². The monoisotopic (exact) mass is 753 g/mol. The van der Waals surface area contributed by atoms with Crippen molar-refractivity contribution in [2.24, 2.45) is 11.3 Å². The molecule has 2 atom stereocenters. The van der Waals surface area contributed by atoms with Crippen LogP contribution in [0, 0.1) is 25.2 Å². The molecule has 9 nitrogen and oxygen atoms in total. The van der Waals surface area contributed by atoms with Gasteiger partial charge in [0.2, 0.25) is 10.0 Å². The molecule has 0 saturated heterocycles. The first kappa shape index (κ1) is 37.6. The Balaban J connectivity index is 1.41. The van der Waals surface area contributed by atoms with Crippen molar-refractivity contribution in [3.05, 3.63) is 104 Å².